The number of aliphatic hydroxyl groups is 2. The monoisotopic (exact) mass is 736 g/mol. The summed E-state index contributed by atoms with van der Waals surface area (Å²) in [5.74, 6) is -1.64. The van der Waals surface area contributed by atoms with Gasteiger partial charge in [0.15, 0.2) is 0 Å². The molecule has 0 aliphatic rings. The molecule has 1 unspecified atom stereocenters. The molecule has 0 radical (unpaired) electrons. The van der Waals surface area contributed by atoms with Crippen molar-refractivity contribution in [1.29, 1.82) is 0 Å². The number of ether oxygens (including phenoxy) is 2. The number of hydrogen-bond donors (Lipinski definition) is 5. The van der Waals surface area contributed by atoms with Gasteiger partial charge in [0.25, 0.3) is 5.91 Å². The summed E-state index contributed by atoms with van der Waals surface area (Å²) in [6.07, 6.45) is -3.74. The molecule has 0 saturated carbocycles. The van der Waals surface area contributed by atoms with Gasteiger partial charge in [-0.3, -0.25) is 20.0 Å². The Bertz CT molecular complexity index is 1750. The Morgan fingerprint density at radius 1 is 0.906 bits per heavy atom. The van der Waals surface area contributed by atoms with Crippen LogP contribution < -0.4 is 5.32 Å². The van der Waals surface area contributed by atoms with Crippen molar-refractivity contribution in [3.8, 4) is 22.4 Å². The first-order chi connectivity index (χ1) is 25.5. The van der Waals surface area contributed by atoms with Crippen LogP contribution in [0.1, 0.15) is 55.1 Å². The second kappa shape index (κ2) is 20.4. The van der Waals surface area contributed by atoms with Crippen molar-refractivity contribution in [3.63, 3.8) is 0 Å². The third-order valence-corrected chi connectivity index (χ3v) is 8.24. The SMILES string of the molecule is CC(C)c1c(C(=O)Nc2ccccc2)c(-c2ccccc2)c(-c2ccc(F)cc2)n1CCC(O)C[C@@H](O)CC(=O)OCCOC[C@@H](CN=O)ON(O)O. The number of hydrogen-bond acceptors (Lipinski definition) is 12. The van der Waals surface area contributed by atoms with Crippen LogP contribution >= 0.6 is 0 Å². The lowest BCUT2D eigenvalue weighted by molar-refractivity contribution is -0.505. The Labute approximate surface area is 306 Å². The zero-order valence-corrected chi connectivity index (χ0v) is 29.5. The fourth-order valence-corrected chi connectivity index (χ4v) is 6.02. The van der Waals surface area contributed by atoms with Crippen molar-refractivity contribution in [2.45, 2.75) is 63.9 Å². The summed E-state index contributed by atoms with van der Waals surface area (Å²) >= 11 is 0. The standard InChI is InChI=1S/C38H45FN4O10/c1-25(2)36-35(38(47)41-29-11-7-4-8-12-29)34(26-9-5-3-6-10-26)37(27-13-15-28(39)16-14-27)42(36)18-17-30(44)21-31(45)22-33(46)52-20-19-51-24-32(23-40-48)53-43(49)50/h3-16,25,30-32,44-45,49-50H,17-24H2,1-2H3,(H,41,47)/t30?,31-,32-/m1/s1. The van der Waals surface area contributed by atoms with E-state index in [4.69, 9.17) is 19.9 Å². The van der Waals surface area contributed by atoms with Gasteiger partial charge in [0.1, 0.15) is 25.1 Å². The molecule has 14 nitrogen and oxygen atoms in total. The Kier molecular flexibility index (Phi) is 15.7. The Morgan fingerprint density at radius 2 is 1.57 bits per heavy atom. The summed E-state index contributed by atoms with van der Waals surface area (Å²) in [4.78, 5) is 41.5. The maximum atomic E-state index is 14.2. The number of nitroso groups, excluding NO2 is 1. The van der Waals surface area contributed by atoms with E-state index < -0.39 is 48.5 Å². The van der Waals surface area contributed by atoms with Gasteiger partial charge in [0.2, 0.25) is 0 Å². The number of aromatic nitrogens is 1. The smallest absolute Gasteiger partial charge is 0.308 e. The van der Waals surface area contributed by atoms with Gasteiger partial charge in [-0.15, -0.1) is 0 Å². The Balaban J connectivity index is 1.51. The van der Waals surface area contributed by atoms with Crippen molar-refractivity contribution >= 4 is 17.6 Å². The van der Waals surface area contributed by atoms with Gasteiger partial charge in [0, 0.05) is 23.5 Å². The zero-order valence-electron chi connectivity index (χ0n) is 29.5. The van der Waals surface area contributed by atoms with E-state index in [2.05, 4.69) is 15.3 Å². The van der Waals surface area contributed by atoms with E-state index in [9.17, 15) is 29.1 Å². The molecule has 284 valence electrons. The zero-order chi connectivity index (χ0) is 38.3. The molecule has 15 heteroatoms. The summed E-state index contributed by atoms with van der Waals surface area (Å²) < 4.78 is 26.4. The highest BCUT2D eigenvalue weighted by atomic mass is 19.1. The fourth-order valence-electron chi connectivity index (χ4n) is 6.02. The summed E-state index contributed by atoms with van der Waals surface area (Å²) in [7, 11) is 0. The number of esters is 1. The van der Waals surface area contributed by atoms with Gasteiger partial charge < -0.3 is 29.6 Å². The normalized spacial score (nSPS) is 13.2. The van der Waals surface area contributed by atoms with Crippen LogP contribution in [0.5, 0.6) is 0 Å². The van der Waals surface area contributed by atoms with E-state index in [0.29, 0.717) is 33.8 Å². The van der Waals surface area contributed by atoms with E-state index in [1.807, 2.05) is 66.9 Å². The number of carbonyl (C=O) groups is 2. The first kappa shape index (κ1) is 40.9. The maximum Gasteiger partial charge on any atom is 0.308 e. The fraction of sp³-hybridized carbons (Fsp3) is 0.368. The summed E-state index contributed by atoms with van der Waals surface area (Å²) in [5, 5.41) is 44.2. The number of anilines is 1. The minimum atomic E-state index is -1.23. The number of halogens is 1. The molecule has 1 heterocycles. The van der Waals surface area contributed by atoms with Crippen LogP contribution in [0.25, 0.3) is 22.4 Å². The number of nitrogens with zero attached hydrogens (tertiary/aromatic N) is 3. The molecule has 0 spiro atoms. The van der Waals surface area contributed by atoms with Crippen molar-refractivity contribution in [3.05, 3.63) is 107 Å². The van der Waals surface area contributed by atoms with Crippen LogP contribution in [0.4, 0.5) is 10.1 Å². The lowest BCUT2D eigenvalue weighted by atomic mass is 9.94. The number of rotatable bonds is 21. The summed E-state index contributed by atoms with van der Waals surface area (Å²) in [6, 6.07) is 24.5. The topological polar surface area (TPSA) is 192 Å². The average molecular weight is 737 g/mol. The van der Waals surface area contributed by atoms with Crippen LogP contribution in [0, 0.1) is 10.7 Å². The molecule has 0 bridgehead atoms. The molecule has 0 aliphatic carbocycles. The average Bonchev–Trinajstić information content (AvgIpc) is 3.47. The van der Waals surface area contributed by atoms with Gasteiger partial charge in [-0.25, -0.2) is 9.23 Å². The number of para-hydroxylation sites is 1. The highest BCUT2D eigenvalue weighted by Gasteiger charge is 2.31. The number of benzene rings is 3. The van der Waals surface area contributed by atoms with Crippen molar-refractivity contribution in [2.24, 2.45) is 5.18 Å². The highest BCUT2D eigenvalue weighted by molar-refractivity contribution is 6.12. The Hall–Kier alpha value is -4.87. The molecule has 1 aromatic heterocycles. The second-order valence-corrected chi connectivity index (χ2v) is 12.6. The molecule has 1 amide bonds. The van der Waals surface area contributed by atoms with Crippen LogP contribution in [0.3, 0.4) is 0 Å². The molecule has 3 aromatic carbocycles. The third kappa shape index (κ3) is 12.1. The van der Waals surface area contributed by atoms with Crippen LogP contribution in [0.15, 0.2) is 90.1 Å². The summed E-state index contributed by atoms with van der Waals surface area (Å²) in [5.41, 5.74) is 4.54. The number of nitrogens with one attached hydrogen (secondary N) is 1. The van der Waals surface area contributed by atoms with Gasteiger partial charge in [-0.2, -0.15) is 4.91 Å². The first-order valence-electron chi connectivity index (χ1n) is 17.2. The van der Waals surface area contributed by atoms with Crippen LogP contribution in [-0.2, 0) is 25.7 Å². The lowest BCUT2D eigenvalue weighted by Crippen LogP contribution is -2.31. The molecule has 5 N–H and O–H groups in total. The lowest BCUT2D eigenvalue weighted by Gasteiger charge is -2.20. The number of amides is 1. The quantitative estimate of drug-likeness (QED) is 0.0295. The Morgan fingerprint density at radius 3 is 2.19 bits per heavy atom. The van der Waals surface area contributed by atoms with Gasteiger partial charge in [0.05, 0.1) is 48.5 Å². The summed E-state index contributed by atoms with van der Waals surface area (Å²) in [6.45, 7) is 3.20. The van der Waals surface area contributed by atoms with E-state index >= 15 is 0 Å². The van der Waals surface area contributed by atoms with E-state index in [-0.39, 0.29) is 51.0 Å². The maximum absolute atomic E-state index is 14.2. The largest absolute Gasteiger partial charge is 0.463 e. The first-order valence-corrected chi connectivity index (χ1v) is 17.2. The second-order valence-electron chi connectivity index (χ2n) is 12.6. The van der Waals surface area contributed by atoms with E-state index in [1.165, 1.54) is 12.1 Å². The molecule has 0 saturated heterocycles. The van der Waals surface area contributed by atoms with Gasteiger partial charge >= 0.3 is 5.97 Å². The molecule has 4 aromatic rings. The van der Waals surface area contributed by atoms with Crippen molar-refractivity contribution < 1.29 is 48.9 Å². The van der Waals surface area contributed by atoms with Crippen molar-refractivity contribution in [2.75, 3.05) is 31.7 Å². The van der Waals surface area contributed by atoms with Gasteiger partial charge in [-0.1, -0.05) is 67.6 Å². The molecular formula is C38H45FN4O10. The number of aliphatic hydroxyl groups excluding tert-OH is 2. The van der Waals surface area contributed by atoms with Gasteiger partial charge in [-0.05, 0) is 66.3 Å². The highest BCUT2D eigenvalue weighted by Crippen LogP contribution is 2.42. The van der Waals surface area contributed by atoms with Crippen LogP contribution in [-0.4, -0.2) is 87.1 Å². The molecule has 3 atom stereocenters. The van der Waals surface area contributed by atoms with Crippen molar-refractivity contribution in [1.82, 2.24) is 9.96 Å². The predicted octanol–water partition coefficient (Wildman–Crippen LogP) is 5.94. The molecule has 0 fully saturated rings. The minimum absolute atomic E-state index is 0.109. The predicted molar refractivity (Wildman–Crippen MR) is 192 cm³/mol. The van der Waals surface area contributed by atoms with E-state index in [0.717, 1.165) is 5.56 Å². The van der Waals surface area contributed by atoms with E-state index in [1.54, 1.807) is 24.3 Å². The van der Waals surface area contributed by atoms with Crippen LogP contribution in [0.2, 0.25) is 0 Å². The molecule has 0 aliphatic heterocycles. The number of carbonyl (C=O) groups excluding carboxylic acids is 2. The molecule has 53 heavy (non-hydrogen) atoms. The molecule has 4 rings (SSSR count). The third-order valence-electron chi connectivity index (χ3n) is 8.24. The molecular weight excluding hydrogens is 691 g/mol. The minimum Gasteiger partial charge on any atom is -0.463 e.